The summed E-state index contributed by atoms with van der Waals surface area (Å²) in [5.41, 5.74) is 1.79. The highest BCUT2D eigenvalue weighted by Crippen LogP contribution is 2.31. The summed E-state index contributed by atoms with van der Waals surface area (Å²) in [7, 11) is 0. The van der Waals surface area contributed by atoms with E-state index in [1.54, 1.807) is 18.3 Å². The van der Waals surface area contributed by atoms with E-state index in [2.05, 4.69) is 10.6 Å². The van der Waals surface area contributed by atoms with E-state index in [4.69, 9.17) is 5.11 Å². The van der Waals surface area contributed by atoms with Gasteiger partial charge in [0.15, 0.2) is 0 Å². The van der Waals surface area contributed by atoms with Crippen LogP contribution in [-0.4, -0.2) is 23.8 Å². The number of carbonyl (C=O) groups is 1. The molecule has 0 aliphatic rings. The van der Waals surface area contributed by atoms with Gasteiger partial charge in [-0.15, -0.1) is 11.3 Å². The highest BCUT2D eigenvalue weighted by molar-refractivity contribution is 7.13. The standard InChI is InChI=1S/C15H18N2O2S/c1-11(18)8-9-16-15(19)17-13-6-3-2-5-12(13)14-7-4-10-20-14/h2-7,10-11,18H,8-9H2,1H3,(H2,16,17,19). The van der Waals surface area contributed by atoms with Crippen molar-refractivity contribution in [3.63, 3.8) is 0 Å². The van der Waals surface area contributed by atoms with Gasteiger partial charge in [0.1, 0.15) is 0 Å². The minimum atomic E-state index is -0.409. The molecule has 2 rings (SSSR count). The molecule has 20 heavy (non-hydrogen) atoms. The third kappa shape index (κ3) is 4.08. The lowest BCUT2D eigenvalue weighted by Gasteiger charge is -2.11. The molecule has 0 aliphatic carbocycles. The highest BCUT2D eigenvalue weighted by atomic mass is 32.1. The second kappa shape index (κ2) is 7.07. The molecule has 1 aromatic carbocycles. The Kier molecular flexibility index (Phi) is 5.15. The van der Waals surface area contributed by atoms with Crippen molar-refractivity contribution in [2.45, 2.75) is 19.4 Å². The second-order valence-corrected chi connectivity index (χ2v) is 5.49. The Labute approximate surface area is 122 Å². The number of anilines is 1. The highest BCUT2D eigenvalue weighted by Gasteiger charge is 2.08. The zero-order chi connectivity index (χ0) is 14.4. The topological polar surface area (TPSA) is 61.4 Å². The normalized spacial score (nSPS) is 11.9. The molecule has 2 amide bonds. The summed E-state index contributed by atoms with van der Waals surface area (Å²) in [6, 6.07) is 11.5. The molecule has 5 heteroatoms. The zero-order valence-corrected chi connectivity index (χ0v) is 12.1. The SMILES string of the molecule is CC(O)CCNC(=O)Nc1ccccc1-c1cccs1. The predicted molar refractivity (Wildman–Crippen MR) is 83.1 cm³/mol. The summed E-state index contributed by atoms with van der Waals surface area (Å²) in [6.45, 7) is 2.15. The Bertz CT molecular complexity index is 553. The minimum absolute atomic E-state index is 0.255. The third-order valence-electron chi connectivity index (χ3n) is 2.81. The molecule has 0 radical (unpaired) electrons. The van der Waals surface area contributed by atoms with Crippen LogP contribution < -0.4 is 10.6 Å². The zero-order valence-electron chi connectivity index (χ0n) is 11.3. The number of rotatable bonds is 5. The number of hydrogen-bond acceptors (Lipinski definition) is 3. The van der Waals surface area contributed by atoms with Crippen molar-refractivity contribution in [2.75, 3.05) is 11.9 Å². The third-order valence-corrected chi connectivity index (χ3v) is 3.71. The number of aliphatic hydroxyl groups is 1. The van der Waals surface area contributed by atoms with Gasteiger partial charge in [-0.1, -0.05) is 24.3 Å². The molecule has 0 spiro atoms. The summed E-state index contributed by atoms with van der Waals surface area (Å²) >= 11 is 1.63. The molecule has 1 heterocycles. The molecular weight excluding hydrogens is 272 g/mol. The Morgan fingerprint density at radius 3 is 2.80 bits per heavy atom. The van der Waals surface area contributed by atoms with Gasteiger partial charge in [0.25, 0.3) is 0 Å². The predicted octanol–water partition coefficient (Wildman–Crippen LogP) is 3.31. The number of thiophene rings is 1. The molecule has 0 saturated carbocycles. The Morgan fingerprint density at radius 1 is 1.30 bits per heavy atom. The Morgan fingerprint density at radius 2 is 2.10 bits per heavy atom. The molecule has 0 fully saturated rings. The molecule has 2 aromatic rings. The maximum Gasteiger partial charge on any atom is 0.319 e. The molecule has 0 aliphatic heterocycles. The quantitative estimate of drug-likeness (QED) is 0.791. The van der Waals surface area contributed by atoms with Gasteiger partial charge in [-0.2, -0.15) is 0 Å². The van der Waals surface area contributed by atoms with Crippen LogP contribution in [0.4, 0.5) is 10.5 Å². The van der Waals surface area contributed by atoms with Gasteiger partial charge < -0.3 is 15.7 Å². The molecule has 106 valence electrons. The largest absolute Gasteiger partial charge is 0.393 e. The lowest BCUT2D eigenvalue weighted by molar-refractivity contribution is 0.184. The molecule has 1 aromatic heterocycles. The number of nitrogens with one attached hydrogen (secondary N) is 2. The first-order valence-electron chi connectivity index (χ1n) is 6.52. The fraction of sp³-hybridized carbons (Fsp3) is 0.267. The first kappa shape index (κ1) is 14.6. The van der Waals surface area contributed by atoms with Crippen molar-refractivity contribution in [3.8, 4) is 10.4 Å². The van der Waals surface area contributed by atoms with Crippen LogP contribution in [0.3, 0.4) is 0 Å². The molecular formula is C15H18N2O2S. The maximum atomic E-state index is 11.8. The second-order valence-electron chi connectivity index (χ2n) is 4.54. The van der Waals surface area contributed by atoms with Crippen LogP contribution in [0.5, 0.6) is 0 Å². The number of urea groups is 1. The van der Waals surface area contributed by atoms with Crippen LogP contribution in [-0.2, 0) is 0 Å². The average molecular weight is 290 g/mol. The van der Waals surface area contributed by atoms with Crippen LogP contribution in [0.25, 0.3) is 10.4 Å². The number of aliphatic hydroxyl groups excluding tert-OH is 1. The lowest BCUT2D eigenvalue weighted by Crippen LogP contribution is -2.31. The van der Waals surface area contributed by atoms with Crippen LogP contribution in [0.15, 0.2) is 41.8 Å². The first-order valence-corrected chi connectivity index (χ1v) is 7.40. The summed E-state index contributed by atoms with van der Waals surface area (Å²) in [6.07, 6.45) is 0.133. The molecule has 4 nitrogen and oxygen atoms in total. The minimum Gasteiger partial charge on any atom is -0.393 e. The number of carbonyl (C=O) groups excluding carboxylic acids is 1. The van der Waals surface area contributed by atoms with Gasteiger partial charge in [0, 0.05) is 17.0 Å². The van der Waals surface area contributed by atoms with Gasteiger partial charge in [0.2, 0.25) is 0 Å². The van der Waals surface area contributed by atoms with E-state index >= 15 is 0 Å². The molecule has 1 unspecified atom stereocenters. The van der Waals surface area contributed by atoms with Crippen molar-refractivity contribution < 1.29 is 9.90 Å². The lowest BCUT2D eigenvalue weighted by atomic mass is 10.1. The van der Waals surface area contributed by atoms with Gasteiger partial charge >= 0.3 is 6.03 Å². The van der Waals surface area contributed by atoms with E-state index in [0.29, 0.717) is 13.0 Å². The number of hydrogen-bond donors (Lipinski definition) is 3. The molecule has 0 bridgehead atoms. The smallest absolute Gasteiger partial charge is 0.319 e. The fourth-order valence-electron chi connectivity index (χ4n) is 1.80. The van der Waals surface area contributed by atoms with E-state index in [1.807, 2.05) is 41.8 Å². The van der Waals surface area contributed by atoms with Crippen molar-refractivity contribution in [1.29, 1.82) is 0 Å². The number of benzene rings is 1. The number of para-hydroxylation sites is 1. The summed E-state index contributed by atoms with van der Waals surface area (Å²) in [5, 5.41) is 16.7. The Balaban J connectivity index is 2.01. The van der Waals surface area contributed by atoms with Gasteiger partial charge in [-0.05, 0) is 30.9 Å². The molecule has 1 atom stereocenters. The maximum absolute atomic E-state index is 11.8. The van der Waals surface area contributed by atoms with Crippen molar-refractivity contribution in [2.24, 2.45) is 0 Å². The molecule has 3 N–H and O–H groups in total. The van der Waals surface area contributed by atoms with Crippen LogP contribution in [0.2, 0.25) is 0 Å². The molecule has 0 saturated heterocycles. The fourth-order valence-corrected chi connectivity index (χ4v) is 2.57. The Hall–Kier alpha value is -1.85. The van der Waals surface area contributed by atoms with Crippen LogP contribution in [0, 0.1) is 0 Å². The summed E-state index contributed by atoms with van der Waals surface area (Å²) in [5.74, 6) is 0. The van der Waals surface area contributed by atoms with E-state index in [9.17, 15) is 4.79 Å². The van der Waals surface area contributed by atoms with E-state index in [-0.39, 0.29) is 6.03 Å². The number of amides is 2. The average Bonchev–Trinajstić information content (AvgIpc) is 2.92. The van der Waals surface area contributed by atoms with E-state index in [0.717, 1.165) is 16.1 Å². The first-order chi connectivity index (χ1) is 9.66. The van der Waals surface area contributed by atoms with Gasteiger partial charge in [0.05, 0.1) is 11.8 Å². The monoisotopic (exact) mass is 290 g/mol. The van der Waals surface area contributed by atoms with Crippen LogP contribution in [0.1, 0.15) is 13.3 Å². The van der Waals surface area contributed by atoms with E-state index in [1.165, 1.54) is 0 Å². The van der Waals surface area contributed by atoms with Gasteiger partial charge in [-0.3, -0.25) is 0 Å². The van der Waals surface area contributed by atoms with Crippen LogP contribution >= 0.6 is 11.3 Å². The van der Waals surface area contributed by atoms with Crippen molar-refractivity contribution in [1.82, 2.24) is 5.32 Å². The van der Waals surface area contributed by atoms with Gasteiger partial charge in [-0.25, -0.2) is 4.79 Å². The summed E-state index contributed by atoms with van der Waals surface area (Å²) in [4.78, 5) is 12.9. The summed E-state index contributed by atoms with van der Waals surface area (Å²) < 4.78 is 0. The van der Waals surface area contributed by atoms with E-state index < -0.39 is 6.10 Å². The van der Waals surface area contributed by atoms with Crippen molar-refractivity contribution >= 4 is 23.1 Å². The van der Waals surface area contributed by atoms with Crippen molar-refractivity contribution in [3.05, 3.63) is 41.8 Å².